The Kier molecular flexibility index (Phi) is 4.59. The van der Waals surface area contributed by atoms with Crippen molar-refractivity contribution < 1.29 is 13.2 Å². The van der Waals surface area contributed by atoms with Crippen molar-refractivity contribution in [2.24, 2.45) is 0 Å². The summed E-state index contributed by atoms with van der Waals surface area (Å²) >= 11 is 0. The highest BCUT2D eigenvalue weighted by atomic mass is 32.2. The maximum atomic E-state index is 12.5. The quantitative estimate of drug-likeness (QED) is 0.828. The van der Waals surface area contributed by atoms with Gasteiger partial charge in [0.1, 0.15) is 10.6 Å². The molecule has 5 nitrogen and oxygen atoms in total. The minimum atomic E-state index is -3.56. The summed E-state index contributed by atoms with van der Waals surface area (Å²) in [6, 6.07) is 4.45. The van der Waals surface area contributed by atoms with Crippen LogP contribution in [0.15, 0.2) is 23.1 Å². The Balaban J connectivity index is 3.36. The molecule has 0 heterocycles. The fraction of sp³-hybridized carbons (Fsp3) is 0.500. The van der Waals surface area contributed by atoms with Crippen LogP contribution in [0.1, 0.15) is 20.8 Å². The number of rotatable bonds is 5. The van der Waals surface area contributed by atoms with Gasteiger partial charge >= 0.3 is 0 Å². The van der Waals surface area contributed by atoms with Gasteiger partial charge in [-0.1, -0.05) is 6.92 Å². The third kappa shape index (κ3) is 2.76. The molecule has 0 aliphatic heterocycles. The van der Waals surface area contributed by atoms with Crippen LogP contribution < -0.4 is 10.5 Å². The molecule has 0 atom stereocenters. The van der Waals surface area contributed by atoms with E-state index in [-0.39, 0.29) is 16.7 Å². The van der Waals surface area contributed by atoms with Gasteiger partial charge < -0.3 is 10.5 Å². The summed E-state index contributed by atoms with van der Waals surface area (Å²) in [4.78, 5) is 0.148. The molecule has 0 amide bonds. The first-order chi connectivity index (χ1) is 8.34. The molecule has 0 fully saturated rings. The van der Waals surface area contributed by atoms with E-state index in [9.17, 15) is 8.42 Å². The van der Waals surface area contributed by atoms with E-state index in [2.05, 4.69) is 0 Å². The Morgan fingerprint density at radius 3 is 2.44 bits per heavy atom. The van der Waals surface area contributed by atoms with Crippen molar-refractivity contribution in [1.29, 1.82) is 0 Å². The van der Waals surface area contributed by atoms with E-state index in [0.717, 1.165) is 0 Å². The van der Waals surface area contributed by atoms with Crippen molar-refractivity contribution in [3.63, 3.8) is 0 Å². The molecule has 6 heteroatoms. The molecule has 1 aromatic rings. The molecule has 102 valence electrons. The third-order valence-corrected chi connectivity index (χ3v) is 4.85. The molecule has 0 saturated carbocycles. The van der Waals surface area contributed by atoms with E-state index >= 15 is 0 Å². The first kappa shape index (κ1) is 14.8. The van der Waals surface area contributed by atoms with E-state index in [1.807, 2.05) is 13.8 Å². The molecule has 1 aromatic carbocycles. The topological polar surface area (TPSA) is 72.6 Å². The van der Waals surface area contributed by atoms with Gasteiger partial charge in [0, 0.05) is 24.3 Å². The standard InChI is InChI=1S/C12H20N2O3S/c1-5-14(9(2)3)18(15,16)12-7-6-10(13)8-11(12)17-4/h6-9H,5,13H2,1-4H3. The van der Waals surface area contributed by atoms with Crippen LogP contribution in [0, 0.1) is 0 Å². The van der Waals surface area contributed by atoms with Gasteiger partial charge in [-0.3, -0.25) is 0 Å². The fourth-order valence-corrected chi connectivity index (χ4v) is 3.62. The summed E-state index contributed by atoms with van der Waals surface area (Å²) in [5, 5.41) is 0. The lowest BCUT2D eigenvalue weighted by atomic mass is 10.3. The highest BCUT2D eigenvalue weighted by molar-refractivity contribution is 7.89. The number of hydrogen-bond acceptors (Lipinski definition) is 4. The van der Waals surface area contributed by atoms with Crippen molar-refractivity contribution in [3.8, 4) is 5.75 Å². The molecular weight excluding hydrogens is 252 g/mol. The summed E-state index contributed by atoms with van der Waals surface area (Å²) in [7, 11) is -2.13. The van der Waals surface area contributed by atoms with Gasteiger partial charge in [-0.25, -0.2) is 8.42 Å². The Morgan fingerprint density at radius 1 is 1.39 bits per heavy atom. The van der Waals surface area contributed by atoms with Gasteiger partial charge in [0.05, 0.1) is 7.11 Å². The normalized spacial score (nSPS) is 12.1. The number of benzene rings is 1. The Morgan fingerprint density at radius 2 is 2.00 bits per heavy atom. The predicted molar refractivity (Wildman–Crippen MR) is 72.1 cm³/mol. The SMILES string of the molecule is CCN(C(C)C)S(=O)(=O)c1ccc(N)cc1OC. The van der Waals surface area contributed by atoms with Crippen molar-refractivity contribution >= 4 is 15.7 Å². The van der Waals surface area contributed by atoms with Crippen LogP contribution in [0.25, 0.3) is 0 Å². The first-order valence-corrected chi connectivity index (χ1v) is 7.24. The number of nitrogens with zero attached hydrogens (tertiary/aromatic N) is 1. The molecule has 0 aliphatic carbocycles. The summed E-state index contributed by atoms with van der Waals surface area (Å²) < 4.78 is 31.5. The number of methoxy groups -OCH3 is 1. The zero-order valence-electron chi connectivity index (χ0n) is 11.2. The van der Waals surface area contributed by atoms with Gasteiger partial charge in [-0.05, 0) is 26.0 Å². The number of sulfonamides is 1. The third-order valence-electron chi connectivity index (χ3n) is 2.66. The van der Waals surface area contributed by atoms with E-state index < -0.39 is 10.0 Å². The van der Waals surface area contributed by atoms with E-state index in [1.54, 1.807) is 13.0 Å². The Hall–Kier alpha value is -1.27. The van der Waals surface area contributed by atoms with Crippen LogP contribution in [-0.2, 0) is 10.0 Å². The zero-order chi connectivity index (χ0) is 13.9. The number of anilines is 1. The van der Waals surface area contributed by atoms with Gasteiger partial charge in [0.2, 0.25) is 10.0 Å². The van der Waals surface area contributed by atoms with Crippen molar-refractivity contribution in [3.05, 3.63) is 18.2 Å². The Bertz CT molecular complexity index is 512. The maximum Gasteiger partial charge on any atom is 0.246 e. The molecule has 0 aromatic heterocycles. The van der Waals surface area contributed by atoms with Crippen LogP contribution in [0.5, 0.6) is 5.75 Å². The number of ether oxygens (including phenoxy) is 1. The van der Waals surface area contributed by atoms with Crippen LogP contribution >= 0.6 is 0 Å². The molecule has 18 heavy (non-hydrogen) atoms. The number of hydrogen-bond donors (Lipinski definition) is 1. The van der Waals surface area contributed by atoms with Crippen molar-refractivity contribution in [2.75, 3.05) is 19.4 Å². The van der Waals surface area contributed by atoms with Gasteiger partial charge in [0.15, 0.2) is 0 Å². The lowest BCUT2D eigenvalue weighted by molar-refractivity contribution is 0.362. The first-order valence-electron chi connectivity index (χ1n) is 5.80. The second-order valence-corrected chi connectivity index (χ2v) is 6.07. The second-order valence-electron chi connectivity index (χ2n) is 4.21. The van der Waals surface area contributed by atoms with Crippen LogP contribution in [0.3, 0.4) is 0 Å². The smallest absolute Gasteiger partial charge is 0.246 e. The average molecular weight is 272 g/mol. The van der Waals surface area contributed by atoms with E-state index in [0.29, 0.717) is 12.2 Å². The summed E-state index contributed by atoms with van der Waals surface area (Å²) in [5.41, 5.74) is 6.10. The van der Waals surface area contributed by atoms with Crippen LogP contribution in [0.2, 0.25) is 0 Å². The van der Waals surface area contributed by atoms with Crippen molar-refractivity contribution in [2.45, 2.75) is 31.7 Å². The molecule has 0 aliphatic rings. The van der Waals surface area contributed by atoms with Gasteiger partial charge in [0.25, 0.3) is 0 Å². The highest BCUT2D eigenvalue weighted by Crippen LogP contribution is 2.29. The summed E-state index contributed by atoms with van der Waals surface area (Å²) in [6.07, 6.45) is 0. The van der Waals surface area contributed by atoms with E-state index in [1.165, 1.54) is 23.5 Å². The lowest BCUT2D eigenvalue weighted by Gasteiger charge is -2.25. The Labute approximate surface area is 109 Å². The lowest BCUT2D eigenvalue weighted by Crippen LogP contribution is -2.36. The molecular formula is C12H20N2O3S. The fourth-order valence-electron chi connectivity index (χ4n) is 1.84. The predicted octanol–water partition coefficient (Wildman–Crippen LogP) is 1.70. The zero-order valence-corrected chi connectivity index (χ0v) is 12.0. The molecule has 0 radical (unpaired) electrons. The minimum Gasteiger partial charge on any atom is -0.495 e. The van der Waals surface area contributed by atoms with Crippen LogP contribution in [0.4, 0.5) is 5.69 Å². The number of nitrogens with two attached hydrogens (primary N) is 1. The second kappa shape index (κ2) is 5.58. The van der Waals surface area contributed by atoms with Gasteiger partial charge in [-0.15, -0.1) is 0 Å². The molecule has 0 bridgehead atoms. The molecule has 0 saturated heterocycles. The summed E-state index contributed by atoms with van der Waals surface area (Å²) in [5.74, 6) is 0.272. The maximum absolute atomic E-state index is 12.5. The summed E-state index contributed by atoms with van der Waals surface area (Å²) in [6.45, 7) is 5.89. The number of nitrogen functional groups attached to an aromatic ring is 1. The van der Waals surface area contributed by atoms with Crippen molar-refractivity contribution in [1.82, 2.24) is 4.31 Å². The molecule has 0 spiro atoms. The molecule has 0 unspecified atom stereocenters. The molecule has 2 N–H and O–H groups in total. The van der Waals surface area contributed by atoms with Crippen LogP contribution in [-0.4, -0.2) is 32.4 Å². The largest absolute Gasteiger partial charge is 0.495 e. The monoisotopic (exact) mass is 272 g/mol. The van der Waals surface area contributed by atoms with E-state index in [4.69, 9.17) is 10.5 Å². The highest BCUT2D eigenvalue weighted by Gasteiger charge is 2.28. The van der Waals surface area contributed by atoms with Gasteiger partial charge in [-0.2, -0.15) is 4.31 Å². The molecule has 1 rings (SSSR count). The average Bonchev–Trinajstić information content (AvgIpc) is 2.28. The minimum absolute atomic E-state index is 0.109.